The Balaban J connectivity index is 1.81. The number of hydrogen-bond donors (Lipinski definition) is 1. The number of methoxy groups -OCH3 is 1. The quantitative estimate of drug-likeness (QED) is 0.574. The van der Waals surface area contributed by atoms with Gasteiger partial charge in [-0.2, -0.15) is 0 Å². The third kappa shape index (κ3) is 3.32. The molecular weight excluding hydrogens is 308 g/mol. The Morgan fingerprint density at radius 2 is 1.74 bits per heavy atom. The zero-order valence-corrected chi connectivity index (χ0v) is 13.8. The van der Waals surface area contributed by atoms with Crippen LogP contribution < -0.4 is 10.6 Å². The average Bonchev–Trinajstić information content (AvgIpc) is 2.96. The summed E-state index contributed by atoms with van der Waals surface area (Å²) >= 11 is 1.59. The van der Waals surface area contributed by atoms with Gasteiger partial charge in [0, 0.05) is 10.8 Å². The van der Waals surface area contributed by atoms with Crippen molar-refractivity contribution in [3.63, 3.8) is 0 Å². The first-order valence-electron chi connectivity index (χ1n) is 7.25. The van der Waals surface area contributed by atoms with Crippen LogP contribution in [0.3, 0.4) is 0 Å². The minimum atomic E-state index is 0.242. The number of ether oxygens (including phenoxy) is 1. The molecule has 3 aromatic rings. The summed E-state index contributed by atoms with van der Waals surface area (Å²) in [6.45, 7) is 2.13. The van der Waals surface area contributed by atoms with Crippen LogP contribution in [0, 0.1) is 0 Å². The predicted molar refractivity (Wildman–Crippen MR) is 92.9 cm³/mol. The highest BCUT2D eigenvalue weighted by atomic mass is 32.2. The van der Waals surface area contributed by atoms with Crippen LogP contribution in [-0.4, -0.2) is 22.0 Å². The van der Waals surface area contributed by atoms with Gasteiger partial charge in [-0.1, -0.05) is 42.1 Å². The van der Waals surface area contributed by atoms with Gasteiger partial charge in [0.2, 0.25) is 5.16 Å². The number of benzene rings is 2. The monoisotopic (exact) mass is 326 g/mol. The molecule has 0 spiro atoms. The van der Waals surface area contributed by atoms with Crippen LogP contribution in [-0.2, 0) is 0 Å². The lowest BCUT2D eigenvalue weighted by molar-refractivity contribution is 0.415. The van der Waals surface area contributed by atoms with Crippen molar-refractivity contribution < 1.29 is 4.74 Å². The molecule has 0 amide bonds. The normalized spacial score (nSPS) is 12.1. The number of aromatic nitrogens is 3. The van der Waals surface area contributed by atoms with Crippen LogP contribution in [0.1, 0.15) is 17.7 Å². The number of rotatable bonds is 5. The van der Waals surface area contributed by atoms with Crippen molar-refractivity contribution in [2.75, 3.05) is 13.0 Å². The van der Waals surface area contributed by atoms with Crippen molar-refractivity contribution in [3.05, 3.63) is 60.2 Å². The molecule has 0 bridgehead atoms. The van der Waals surface area contributed by atoms with Gasteiger partial charge in [0.15, 0.2) is 5.82 Å². The Hall–Kier alpha value is -2.47. The molecule has 6 heteroatoms. The number of nitrogens with two attached hydrogens (primary N) is 1. The van der Waals surface area contributed by atoms with Gasteiger partial charge in [-0.15, -0.1) is 10.2 Å². The molecule has 1 aromatic heterocycles. The van der Waals surface area contributed by atoms with Crippen LogP contribution in [0.25, 0.3) is 11.4 Å². The first kappa shape index (κ1) is 15.4. The zero-order chi connectivity index (χ0) is 16.2. The molecule has 0 fully saturated rings. The highest BCUT2D eigenvalue weighted by molar-refractivity contribution is 7.99. The SMILES string of the molecule is COc1ccc(-c2nnc(S[C@H](C)c3ccccc3)n2N)cc1. The summed E-state index contributed by atoms with van der Waals surface area (Å²) in [5.41, 5.74) is 2.13. The number of nitrogens with zero attached hydrogens (tertiary/aromatic N) is 3. The van der Waals surface area contributed by atoms with Crippen molar-refractivity contribution in [1.29, 1.82) is 0 Å². The van der Waals surface area contributed by atoms with Crippen LogP contribution in [0.4, 0.5) is 0 Å². The smallest absolute Gasteiger partial charge is 0.210 e. The van der Waals surface area contributed by atoms with Crippen LogP contribution >= 0.6 is 11.8 Å². The molecule has 0 aliphatic heterocycles. The summed E-state index contributed by atoms with van der Waals surface area (Å²) in [6.07, 6.45) is 0. The van der Waals surface area contributed by atoms with E-state index in [9.17, 15) is 0 Å². The summed E-state index contributed by atoms with van der Waals surface area (Å²) in [5.74, 6) is 7.60. The Labute approximate surface area is 139 Å². The summed E-state index contributed by atoms with van der Waals surface area (Å²) in [7, 11) is 1.64. The van der Waals surface area contributed by atoms with E-state index < -0.39 is 0 Å². The molecule has 1 heterocycles. The van der Waals surface area contributed by atoms with Gasteiger partial charge < -0.3 is 10.6 Å². The molecule has 23 heavy (non-hydrogen) atoms. The van der Waals surface area contributed by atoms with Crippen molar-refractivity contribution in [2.45, 2.75) is 17.3 Å². The van der Waals surface area contributed by atoms with Gasteiger partial charge in [-0.25, -0.2) is 4.68 Å². The lowest BCUT2D eigenvalue weighted by Crippen LogP contribution is -2.12. The fourth-order valence-electron chi connectivity index (χ4n) is 2.24. The number of thioether (sulfide) groups is 1. The van der Waals surface area contributed by atoms with Crippen molar-refractivity contribution >= 4 is 11.8 Å². The largest absolute Gasteiger partial charge is 0.497 e. The van der Waals surface area contributed by atoms with Gasteiger partial charge in [0.05, 0.1) is 7.11 Å². The maximum absolute atomic E-state index is 6.17. The maximum atomic E-state index is 6.17. The standard InChI is InChI=1S/C17H18N4OS/c1-12(13-6-4-3-5-7-13)23-17-20-19-16(21(17)18)14-8-10-15(22-2)11-9-14/h3-12H,18H2,1-2H3/t12-/m1/s1. The minimum absolute atomic E-state index is 0.242. The number of hydrogen-bond acceptors (Lipinski definition) is 5. The van der Waals surface area contributed by atoms with E-state index >= 15 is 0 Å². The molecular formula is C17H18N4OS. The van der Waals surface area contributed by atoms with Crippen molar-refractivity contribution in [2.24, 2.45) is 0 Å². The third-order valence-electron chi connectivity index (χ3n) is 3.56. The molecule has 2 N–H and O–H groups in total. The van der Waals surface area contributed by atoms with Crippen LogP contribution in [0.15, 0.2) is 59.8 Å². The molecule has 0 aliphatic rings. The van der Waals surface area contributed by atoms with E-state index in [4.69, 9.17) is 10.6 Å². The third-order valence-corrected chi connectivity index (χ3v) is 4.68. The van der Waals surface area contributed by atoms with Crippen LogP contribution in [0.2, 0.25) is 0 Å². The van der Waals surface area contributed by atoms with Crippen molar-refractivity contribution in [3.8, 4) is 17.1 Å². The molecule has 0 aliphatic carbocycles. The summed E-state index contributed by atoms with van der Waals surface area (Å²) in [4.78, 5) is 0. The molecule has 2 aromatic carbocycles. The van der Waals surface area contributed by atoms with Gasteiger partial charge in [0.1, 0.15) is 5.75 Å². The van der Waals surface area contributed by atoms with E-state index in [0.717, 1.165) is 11.3 Å². The first-order chi connectivity index (χ1) is 11.2. The first-order valence-corrected chi connectivity index (χ1v) is 8.13. The van der Waals surface area contributed by atoms with Gasteiger partial charge in [0.25, 0.3) is 0 Å². The minimum Gasteiger partial charge on any atom is -0.497 e. The molecule has 0 saturated heterocycles. The van der Waals surface area contributed by atoms with E-state index in [1.54, 1.807) is 18.9 Å². The van der Waals surface area contributed by atoms with E-state index in [-0.39, 0.29) is 5.25 Å². The van der Waals surface area contributed by atoms with E-state index in [2.05, 4.69) is 29.3 Å². The van der Waals surface area contributed by atoms with E-state index in [1.807, 2.05) is 42.5 Å². The fourth-order valence-corrected chi connectivity index (χ4v) is 3.14. The Kier molecular flexibility index (Phi) is 4.52. The van der Waals surface area contributed by atoms with E-state index in [1.165, 1.54) is 10.2 Å². The second-order valence-electron chi connectivity index (χ2n) is 5.08. The maximum Gasteiger partial charge on any atom is 0.210 e. The second-order valence-corrected chi connectivity index (χ2v) is 6.38. The average molecular weight is 326 g/mol. The lowest BCUT2D eigenvalue weighted by atomic mass is 10.2. The second kappa shape index (κ2) is 6.75. The summed E-state index contributed by atoms with van der Waals surface area (Å²) in [5, 5.41) is 9.36. The molecule has 0 radical (unpaired) electrons. The van der Waals surface area contributed by atoms with E-state index in [0.29, 0.717) is 11.0 Å². The molecule has 3 rings (SSSR count). The zero-order valence-electron chi connectivity index (χ0n) is 13.0. The lowest BCUT2D eigenvalue weighted by Gasteiger charge is -2.10. The molecule has 1 atom stereocenters. The molecule has 0 saturated carbocycles. The van der Waals surface area contributed by atoms with Crippen LogP contribution in [0.5, 0.6) is 5.75 Å². The molecule has 0 unspecified atom stereocenters. The molecule has 118 valence electrons. The molecule has 5 nitrogen and oxygen atoms in total. The predicted octanol–water partition coefficient (Wildman–Crippen LogP) is 3.52. The van der Waals surface area contributed by atoms with Gasteiger partial charge in [-0.3, -0.25) is 0 Å². The number of nitrogen functional groups attached to an aromatic ring is 1. The van der Waals surface area contributed by atoms with Gasteiger partial charge in [-0.05, 0) is 36.8 Å². The Morgan fingerprint density at radius 3 is 2.39 bits per heavy atom. The summed E-state index contributed by atoms with van der Waals surface area (Å²) in [6, 6.07) is 17.9. The summed E-state index contributed by atoms with van der Waals surface area (Å²) < 4.78 is 6.70. The topological polar surface area (TPSA) is 66.0 Å². The van der Waals surface area contributed by atoms with Crippen molar-refractivity contribution in [1.82, 2.24) is 14.9 Å². The Morgan fingerprint density at radius 1 is 1.04 bits per heavy atom. The fraction of sp³-hybridized carbons (Fsp3) is 0.176. The Bertz CT molecular complexity index is 771. The highest BCUT2D eigenvalue weighted by Gasteiger charge is 2.16. The highest BCUT2D eigenvalue weighted by Crippen LogP contribution is 2.34. The van der Waals surface area contributed by atoms with Gasteiger partial charge >= 0.3 is 0 Å².